The van der Waals surface area contributed by atoms with E-state index in [0.29, 0.717) is 6.54 Å². The molecule has 0 saturated carbocycles. The van der Waals surface area contributed by atoms with E-state index in [1.54, 1.807) is 0 Å². The van der Waals surface area contributed by atoms with Crippen LogP contribution in [-0.2, 0) is 11.3 Å². The number of aromatic nitrogens is 3. The van der Waals surface area contributed by atoms with Crippen LogP contribution in [-0.4, -0.2) is 50.9 Å². The summed E-state index contributed by atoms with van der Waals surface area (Å²) in [5, 5.41) is 4.32. The Morgan fingerprint density at radius 1 is 0.947 bits per heavy atom. The third-order valence-electron chi connectivity index (χ3n) is 7.57. The number of morpholine rings is 1. The molecule has 0 unspecified atom stereocenters. The lowest BCUT2D eigenvalue weighted by molar-refractivity contribution is 0.122. The average molecular weight is 525 g/mol. The summed E-state index contributed by atoms with van der Waals surface area (Å²) >= 11 is 5.90. The van der Waals surface area contributed by atoms with Crippen molar-refractivity contribution in [3.8, 4) is 5.69 Å². The van der Waals surface area contributed by atoms with Gasteiger partial charge in [0, 0.05) is 61.0 Å². The first kappa shape index (κ1) is 24.6. The van der Waals surface area contributed by atoms with Crippen LogP contribution >= 0.6 is 12.2 Å². The van der Waals surface area contributed by atoms with Crippen LogP contribution in [0.25, 0.3) is 5.69 Å². The van der Waals surface area contributed by atoms with Gasteiger partial charge in [-0.3, -0.25) is 9.97 Å². The SMILES string of the molecule is Cc1cc([C@H]2[C@@H](c3ccccn3)NC(=S)N2Cc2ccncc2)c(C)n1-c1ccc(N2CCOCC2)cc1. The molecule has 2 atom stereocenters. The summed E-state index contributed by atoms with van der Waals surface area (Å²) in [4.78, 5) is 13.6. The number of pyridine rings is 2. The van der Waals surface area contributed by atoms with Crippen molar-refractivity contribution in [1.29, 1.82) is 0 Å². The normalized spacial score (nSPS) is 19.6. The molecule has 8 heteroatoms. The fraction of sp³-hybridized carbons (Fsp3) is 0.300. The van der Waals surface area contributed by atoms with Gasteiger partial charge >= 0.3 is 0 Å². The number of rotatable bonds is 6. The van der Waals surface area contributed by atoms with Crippen molar-refractivity contribution >= 4 is 23.0 Å². The summed E-state index contributed by atoms with van der Waals surface area (Å²) in [6, 6.07) is 21.3. The van der Waals surface area contributed by atoms with E-state index in [9.17, 15) is 0 Å². The van der Waals surface area contributed by atoms with Gasteiger partial charge in [0.25, 0.3) is 0 Å². The number of anilines is 1. The van der Waals surface area contributed by atoms with Crippen molar-refractivity contribution in [3.63, 3.8) is 0 Å². The number of nitrogens with one attached hydrogen (secondary N) is 1. The molecule has 1 N–H and O–H groups in total. The molecule has 2 aliphatic rings. The summed E-state index contributed by atoms with van der Waals surface area (Å²) in [5.74, 6) is 0. The second-order valence-electron chi connectivity index (χ2n) is 9.89. The van der Waals surface area contributed by atoms with Crippen molar-refractivity contribution in [2.75, 3.05) is 31.2 Å². The molecular weight excluding hydrogens is 492 g/mol. The van der Waals surface area contributed by atoms with Crippen molar-refractivity contribution in [2.24, 2.45) is 0 Å². The number of thiocarbonyl (C=S) groups is 1. The maximum absolute atomic E-state index is 5.90. The zero-order valence-corrected chi connectivity index (χ0v) is 22.6. The van der Waals surface area contributed by atoms with Gasteiger partial charge in [0.1, 0.15) is 0 Å². The minimum Gasteiger partial charge on any atom is -0.378 e. The predicted octanol–water partition coefficient (Wildman–Crippen LogP) is 4.89. The lowest BCUT2D eigenvalue weighted by atomic mass is 9.96. The molecule has 7 nitrogen and oxygen atoms in total. The number of nitrogens with zero attached hydrogens (tertiary/aromatic N) is 5. The molecule has 194 valence electrons. The van der Waals surface area contributed by atoms with Gasteiger partial charge in [0.05, 0.1) is 31.0 Å². The van der Waals surface area contributed by atoms with Crippen LogP contribution < -0.4 is 10.2 Å². The fourth-order valence-corrected chi connectivity index (χ4v) is 6.02. The number of hydrogen-bond donors (Lipinski definition) is 1. The predicted molar refractivity (Wildman–Crippen MR) is 154 cm³/mol. The third kappa shape index (κ3) is 4.66. The van der Waals surface area contributed by atoms with Gasteiger partial charge in [0.2, 0.25) is 0 Å². The van der Waals surface area contributed by atoms with Crippen LogP contribution in [0.4, 0.5) is 5.69 Å². The van der Waals surface area contributed by atoms with Gasteiger partial charge < -0.3 is 24.4 Å². The summed E-state index contributed by atoms with van der Waals surface area (Å²) in [7, 11) is 0. The Balaban J connectivity index is 1.38. The molecule has 0 aliphatic carbocycles. The fourth-order valence-electron chi connectivity index (χ4n) is 5.72. The van der Waals surface area contributed by atoms with E-state index >= 15 is 0 Å². The van der Waals surface area contributed by atoms with Crippen molar-refractivity contribution in [1.82, 2.24) is 24.8 Å². The second-order valence-corrected chi connectivity index (χ2v) is 10.3. The zero-order chi connectivity index (χ0) is 26.1. The van der Waals surface area contributed by atoms with Crippen LogP contribution in [0.15, 0.2) is 79.3 Å². The number of hydrogen-bond acceptors (Lipinski definition) is 5. The quantitative estimate of drug-likeness (QED) is 0.360. The highest BCUT2D eigenvalue weighted by molar-refractivity contribution is 7.80. The Morgan fingerprint density at radius 2 is 1.68 bits per heavy atom. The van der Waals surface area contributed by atoms with Gasteiger partial charge in [-0.1, -0.05) is 6.07 Å². The molecule has 38 heavy (non-hydrogen) atoms. The minimum atomic E-state index is -0.0526. The second kappa shape index (κ2) is 10.6. The van der Waals surface area contributed by atoms with Gasteiger partial charge in [0.15, 0.2) is 5.11 Å². The Hall–Kier alpha value is -3.75. The maximum atomic E-state index is 5.90. The molecule has 4 aromatic rings. The van der Waals surface area contributed by atoms with E-state index in [1.165, 1.54) is 28.2 Å². The Morgan fingerprint density at radius 3 is 2.39 bits per heavy atom. The summed E-state index contributed by atoms with van der Waals surface area (Å²) in [6.45, 7) is 8.51. The smallest absolute Gasteiger partial charge is 0.170 e. The molecule has 1 aromatic carbocycles. The van der Waals surface area contributed by atoms with E-state index in [1.807, 2.05) is 42.9 Å². The van der Waals surface area contributed by atoms with E-state index in [2.05, 4.69) is 74.9 Å². The average Bonchev–Trinajstić information content (AvgIpc) is 3.44. The lowest BCUT2D eigenvalue weighted by Gasteiger charge is -2.29. The molecule has 0 amide bonds. The van der Waals surface area contributed by atoms with Gasteiger partial charge in [-0.15, -0.1) is 0 Å². The van der Waals surface area contributed by atoms with E-state index in [-0.39, 0.29) is 12.1 Å². The van der Waals surface area contributed by atoms with Crippen LogP contribution in [0.5, 0.6) is 0 Å². The first-order valence-corrected chi connectivity index (χ1v) is 13.5. The maximum Gasteiger partial charge on any atom is 0.170 e. The monoisotopic (exact) mass is 524 g/mol. The Labute approximate surface area is 229 Å². The van der Waals surface area contributed by atoms with Crippen molar-refractivity contribution in [3.05, 3.63) is 107 Å². The summed E-state index contributed by atoms with van der Waals surface area (Å²) in [6.07, 6.45) is 5.51. The molecule has 2 saturated heterocycles. The zero-order valence-electron chi connectivity index (χ0n) is 21.7. The van der Waals surface area contributed by atoms with E-state index in [4.69, 9.17) is 21.9 Å². The first-order valence-electron chi connectivity index (χ1n) is 13.1. The molecule has 0 spiro atoms. The summed E-state index contributed by atoms with van der Waals surface area (Å²) in [5.41, 5.74) is 8.20. The third-order valence-corrected chi connectivity index (χ3v) is 7.93. The Bertz CT molecular complexity index is 1400. The van der Waals surface area contributed by atoms with Crippen LogP contribution in [0.3, 0.4) is 0 Å². The van der Waals surface area contributed by atoms with Gasteiger partial charge in [-0.05, 0) is 91.8 Å². The van der Waals surface area contributed by atoms with Crippen molar-refractivity contribution < 1.29 is 4.74 Å². The largest absolute Gasteiger partial charge is 0.378 e. The van der Waals surface area contributed by atoms with Crippen LogP contribution in [0.1, 0.15) is 40.3 Å². The van der Waals surface area contributed by atoms with Crippen molar-refractivity contribution in [2.45, 2.75) is 32.5 Å². The highest BCUT2D eigenvalue weighted by Gasteiger charge is 2.41. The van der Waals surface area contributed by atoms with E-state index < -0.39 is 0 Å². The molecule has 5 heterocycles. The first-order chi connectivity index (χ1) is 18.6. The summed E-state index contributed by atoms with van der Waals surface area (Å²) < 4.78 is 7.87. The molecule has 0 bridgehead atoms. The molecule has 2 fully saturated rings. The number of ether oxygens (including phenoxy) is 1. The number of aryl methyl sites for hydroxylation is 1. The molecule has 2 aliphatic heterocycles. The highest BCUT2D eigenvalue weighted by atomic mass is 32.1. The minimum absolute atomic E-state index is 0.00172. The topological polar surface area (TPSA) is 58.5 Å². The molecule has 3 aromatic heterocycles. The molecular formula is C30H32N6OS. The van der Waals surface area contributed by atoms with Crippen LogP contribution in [0.2, 0.25) is 0 Å². The van der Waals surface area contributed by atoms with E-state index in [0.717, 1.165) is 42.8 Å². The number of benzene rings is 1. The van der Waals surface area contributed by atoms with Gasteiger partial charge in [-0.2, -0.15) is 0 Å². The highest BCUT2D eigenvalue weighted by Crippen LogP contribution is 2.42. The standard InChI is InChI=1S/C30H32N6OS/c1-21-19-26(22(2)36(21)25-8-6-24(7-9-25)34-15-17-37-18-16-34)29-28(27-5-3-4-12-32-27)33-30(38)35(29)20-23-10-13-31-14-11-23/h3-14,19,28-29H,15-18,20H2,1-2H3,(H,33,38)/t28-,29+/m1/s1. The lowest BCUT2D eigenvalue weighted by Crippen LogP contribution is -2.36. The molecule has 6 rings (SSSR count). The van der Waals surface area contributed by atoms with Crippen LogP contribution in [0, 0.1) is 13.8 Å². The Kier molecular flexibility index (Phi) is 6.82. The molecule has 0 radical (unpaired) electrons. The van der Waals surface area contributed by atoms with Gasteiger partial charge in [-0.25, -0.2) is 0 Å².